The maximum Gasteiger partial charge on any atom is 0.255 e. The fourth-order valence-corrected chi connectivity index (χ4v) is 1.87. The second-order valence-electron chi connectivity index (χ2n) is 3.96. The standard InChI is InChI=1S/C15H14ClNO/c16-11-10-12-6-8-14(9-7-12)17-15(18)13-4-2-1-3-5-13/h1-9H,10-11H2,(H,17,18). The van der Waals surface area contributed by atoms with Crippen molar-refractivity contribution in [1.29, 1.82) is 0 Å². The summed E-state index contributed by atoms with van der Waals surface area (Å²) in [4.78, 5) is 11.9. The predicted molar refractivity (Wildman–Crippen MR) is 75.3 cm³/mol. The fraction of sp³-hybridized carbons (Fsp3) is 0.133. The molecule has 0 bridgehead atoms. The molecule has 92 valence electrons. The minimum atomic E-state index is -0.0966. The lowest BCUT2D eigenvalue weighted by atomic mass is 10.1. The number of amides is 1. The van der Waals surface area contributed by atoms with Gasteiger partial charge in [-0.2, -0.15) is 0 Å². The first-order chi connectivity index (χ1) is 8.79. The van der Waals surface area contributed by atoms with Crippen molar-refractivity contribution >= 4 is 23.2 Å². The van der Waals surface area contributed by atoms with E-state index in [1.807, 2.05) is 42.5 Å². The van der Waals surface area contributed by atoms with Crippen LogP contribution in [0.2, 0.25) is 0 Å². The van der Waals surface area contributed by atoms with Gasteiger partial charge in [-0.25, -0.2) is 0 Å². The maximum atomic E-state index is 11.9. The third kappa shape index (κ3) is 3.34. The van der Waals surface area contributed by atoms with Gasteiger partial charge in [0.1, 0.15) is 0 Å². The van der Waals surface area contributed by atoms with E-state index in [9.17, 15) is 4.79 Å². The molecule has 0 aliphatic carbocycles. The zero-order chi connectivity index (χ0) is 12.8. The van der Waals surface area contributed by atoms with Crippen LogP contribution in [0.15, 0.2) is 54.6 Å². The molecule has 0 radical (unpaired) electrons. The third-order valence-corrected chi connectivity index (χ3v) is 2.82. The lowest BCUT2D eigenvalue weighted by Gasteiger charge is -2.06. The van der Waals surface area contributed by atoms with Crippen molar-refractivity contribution in [2.45, 2.75) is 6.42 Å². The number of rotatable bonds is 4. The number of anilines is 1. The second kappa shape index (κ2) is 6.22. The molecule has 0 aliphatic rings. The quantitative estimate of drug-likeness (QED) is 0.833. The van der Waals surface area contributed by atoms with Gasteiger partial charge in [-0.05, 0) is 36.2 Å². The Morgan fingerprint density at radius 2 is 1.67 bits per heavy atom. The van der Waals surface area contributed by atoms with Crippen LogP contribution in [0.1, 0.15) is 15.9 Å². The van der Waals surface area contributed by atoms with Gasteiger partial charge < -0.3 is 5.32 Å². The summed E-state index contributed by atoms with van der Waals surface area (Å²) in [5, 5.41) is 2.86. The van der Waals surface area contributed by atoms with E-state index in [4.69, 9.17) is 11.6 Å². The molecule has 0 fully saturated rings. The number of halogens is 1. The number of aryl methyl sites for hydroxylation is 1. The minimum absolute atomic E-state index is 0.0966. The molecule has 18 heavy (non-hydrogen) atoms. The molecule has 1 N–H and O–H groups in total. The van der Waals surface area contributed by atoms with Crippen LogP contribution in [0.4, 0.5) is 5.69 Å². The topological polar surface area (TPSA) is 29.1 Å². The number of hydrogen-bond donors (Lipinski definition) is 1. The van der Waals surface area contributed by atoms with Gasteiger partial charge in [0, 0.05) is 17.1 Å². The highest BCUT2D eigenvalue weighted by molar-refractivity contribution is 6.18. The van der Waals surface area contributed by atoms with Crippen LogP contribution in [0, 0.1) is 0 Å². The molecule has 0 saturated carbocycles. The zero-order valence-electron chi connectivity index (χ0n) is 9.90. The van der Waals surface area contributed by atoms with Gasteiger partial charge in [-0.3, -0.25) is 4.79 Å². The first-order valence-corrected chi connectivity index (χ1v) is 6.34. The van der Waals surface area contributed by atoms with E-state index in [2.05, 4.69) is 5.32 Å². The molecule has 0 atom stereocenters. The molecule has 2 aromatic carbocycles. The third-order valence-electron chi connectivity index (χ3n) is 2.63. The van der Waals surface area contributed by atoms with Crippen LogP contribution in [-0.4, -0.2) is 11.8 Å². The SMILES string of the molecule is O=C(Nc1ccc(CCCl)cc1)c1ccccc1. The Bertz CT molecular complexity index is 508. The number of carbonyl (C=O) groups is 1. The van der Waals surface area contributed by atoms with E-state index in [0.717, 1.165) is 12.1 Å². The largest absolute Gasteiger partial charge is 0.322 e. The number of alkyl halides is 1. The Morgan fingerprint density at radius 3 is 2.28 bits per heavy atom. The van der Waals surface area contributed by atoms with E-state index >= 15 is 0 Å². The normalized spacial score (nSPS) is 10.1. The van der Waals surface area contributed by atoms with E-state index in [0.29, 0.717) is 11.4 Å². The molecule has 3 heteroatoms. The van der Waals surface area contributed by atoms with Gasteiger partial charge in [-0.15, -0.1) is 11.6 Å². The number of hydrogen-bond acceptors (Lipinski definition) is 1. The average molecular weight is 260 g/mol. The Balaban J connectivity index is 2.03. The monoisotopic (exact) mass is 259 g/mol. The molecule has 0 aliphatic heterocycles. The van der Waals surface area contributed by atoms with E-state index in [1.54, 1.807) is 12.1 Å². The number of nitrogens with one attached hydrogen (secondary N) is 1. The highest BCUT2D eigenvalue weighted by Crippen LogP contribution is 2.12. The first kappa shape index (κ1) is 12.7. The molecule has 2 aromatic rings. The Hall–Kier alpha value is -1.80. The molecular formula is C15H14ClNO. The van der Waals surface area contributed by atoms with Crippen LogP contribution in [-0.2, 0) is 6.42 Å². The van der Waals surface area contributed by atoms with Crippen molar-refractivity contribution in [3.8, 4) is 0 Å². The summed E-state index contributed by atoms with van der Waals surface area (Å²) in [6.07, 6.45) is 0.842. The molecule has 0 aromatic heterocycles. The van der Waals surface area contributed by atoms with Crippen molar-refractivity contribution in [3.05, 3.63) is 65.7 Å². The van der Waals surface area contributed by atoms with Crippen molar-refractivity contribution in [2.24, 2.45) is 0 Å². The molecule has 0 unspecified atom stereocenters. The molecule has 0 spiro atoms. The predicted octanol–water partition coefficient (Wildman–Crippen LogP) is 3.72. The smallest absolute Gasteiger partial charge is 0.255 e. The van der Waals surface area contributed by atoms with Gasteiger partial charge in [0.15, 0.2) is 0 Å². The Kier molecular flexibility index (Phi) is 4.37. The van der Waals surface area contributed by atoms with Crippen LogP contribution in [0.25, 0.3) is 0 Å². The van der Waals surface area contributed by atoms with E-state index in [1.165, 1.54) is 5.56 Å². The number of benzene rings is 2. The van der Waals surface area contributed by atoms with Crippen molar-refractivity contribution < 1.29 is 4.79 Å². The van der Waals surface area contributed by atoms with Crippen LogP contribution in [0.5, 0.6) is 0 Å². The van der Waals surface area contributed by atoms with E-state index < -0.39 is 0 Å². The summed E-state index contributed by atoms with van der Waals surface area (Å²) in [5.41, 5.74) is 2.62. The second-order valence-corrected chi connectivity index (χ2v) is 4.33. The van der Waals surface area contributed by atoms with Gasteiger partial charge in [0.05, 0.1) is 0 Å². The van der Waals surface area contributed by atoms with Crippen molar-refractivity contribution in [3.63, 3.8) is 0 Å². The Morgan fingerprint density at radius 1 is 1.00 bits per heavy atom. The summed E-state index contributed by atoms with van der Waals surface area (Å²) >= 11 is 5.67. The maximum absolute atomic E-state index is 11.9. The molecule has 0 saturated heterocycles. The van der Waals surface area contributed by atoms with Crippen LogP contribution < -0.4 is 5.32 Å². The van der Waals surface area contributed by atoms with Gasteiger partial charge in [-0.1, -0.05) is 30.3 Å². The highest BCUT2D eigenvalue weighted by Gasteiger charge is 2.04. The van der Waals surface area contributed by atoms with Crippen molar-refractivity contribution in [2.75, 3.05) is 11.2 Å². The molecule has 0 heterocycles. The summed E-state index contributed by atoms with van der Waals surface area (Å²) in [7, 11) is 0. The zero-order valence-corrected chi connectivity index (χ0v) is 10.7. The number of carbonyl (C=O) groups excluding carboxylic acids is 1. The molecule has 2 nitrogen and oxygen atoms in total. The first-order valence-electron chi connectivity index (χ1n) is 5.81. The lowest BCUT2D eigenvalue weighted by molar-refractivity contribution is 0.102. The summed E-state index contributed by atoms with van der Waals surface area (Å²) in [5.74, 6) is 0.510. The van der Waals surface area contributed by atoms with Gasteiger partial charge in [0.2, 0.25) is 0 Å². The fourth-order valence-electron chi connectivity index (χ4n) is 1.66. The van der Waals surface area contributed by atoms with Gasteiger partial charge in [0.25, 0.3) is 5.91 Å². The summed E-state index contributed by atoms with van der Waals surface area (Å²) in [6.45, 7) is 0. The lowest BCUT2D eigenvalue weighted by Crippen LogP contribution is -2.11. The van der Waals surface area contributed by atoms with Crippen LogP contribution >= 0.6 is 11.6 Å². The summed E-state index contributed by atoms with van der Waals surface area (Å²) < 4.78 is 0. The van der Waals surface area contributed by atoms with E-state index in [-0.39, 0.29) is 5.91 Å². The molecule has 2 rings (SSSR count). The minimum Gasteiger partial charge on any atom is -0.322 e. The van der Waals surface area contributed by atoms with Crippen molar-refractivity contribution in [1.82, 2.24) is 0 Å². The Labute approximate surface area is 112 Å². The van der Waals surface area contributed by atoms with Gasteiger partial charge >= 0.3 is 0 Å². The molecular weight excluding hydrogens is 246 g/mol. The van der Waals surface area contributed by atoms with Crippen LogP contribution in [0.3, 0.4) is 0 Å². The summed E-state index contributed by atoms with van der Waals surface area (Å²) in [6, 6.07) is 16.9. The molecule has 1 amide bonds. The average Bonchev–Trinajstić information content (AvgIpc) is 2.42. The highest BCUT2D eigenvalue weighted by atomic mass is 35.5.